The van der Waals surface area contributed by atoms with Gasteiger partial charge in [-0.2, -0.15) is 10.5 Å². The predicted molar refractivity (Wildman–Crippen MR) is 125 cm³/mol. The van der Waals surface area contributed by atoms with Gasteiger partial charge in [-0.3, -0.25) is 25.0 Å². The molecular formula is C25H15N5O5. The van der Waals surface area contributed by atoms with E-state index in [0.717, 1.165) is 11.6 Å². The van der Waals surface area contributed by atoms with E-state index in [1.807, 2.05) is 30.3 Å². The topological polar surface area (TPSA) is 163 Å². The second-order valence-corrected chi connectivity index (χ2v) is 7.74. The van der Waals surface area contributed by atoms with Gasteiger partial charge >= 0.3 is 0 Å². The molecule has 0 unspecified atom stereocenters. The molecule has 0 fully saturated rings. The molecule has 1 amide bonds. The van der Waals surface area contributed by atoms with Gasteiger partial charge in [0.25, 0.3) is 17.3 Å². The van der Waals surface area contributed by atoms with Crippen LogP contribution in [0.15, 0.2) is 66.2 Å². The van der Waals surface area contributed by atoms with Gasteiger partial charge in [-0.25, -0.2) is 0 Å². The van der Waals surface area contributed by atoms with E-state index in [1.54, 1.807) is 19.1 Å². The van der Waals surface area contributed by atoms with E-state index in [2.05, 4.69) is 5.32 Å². The molecule has 3 aromatic carbocycles. The Hall–Kier alpha value is -5.35. The van der Waals surface area contributed by atoms with E-state index in [1.165, 1.54) is 24.3 Å². The highest BCUT2D eigenvalue weighted by Crippen LogP contribution is 2.49. The number of carbonyl (C=O) groups excluding carboxylic acids is 1. The number of rotatable bonds is 5. The first-order valence-electron chi connectivity index (χ1n) is 10.3. The molecule has 0 aliphatic heterocycles. The summed E-state index contributed by atoms with van der Waals surface area (Å²) in [6, 6.07) is 18.3. The fourth-order valence-electron chi connectivity index (χ4n) is 4.12. The lowest BCUT2D eigenvalue weighted by Gasteiger charge is -2.16. The minimum Gasteiger partial charge on any atom is -0.345 e. The molecule has 10 nitrogen and oxygen atoms in total. The first-order valence-corrected chi connectivity index (χ1v) is 10.3. The summed E-state index contributed by atoms with van der Waals surface area (Å²) in [5, 5.41) is 45.0. The third-order valence-corrected chi connectivity index (χ3v) is 5.72. The van der Waals surface area contributed by atoms with E-state index in [-0.39, 0.29) is 39.1 Å². The van der Waals surface area contributed by atoms with E-state index in [0.29, 0.717) is 5.56 Å². The van der Waals surface area contributed by atoms with Gasteiger partial charge < -0.3 is 5.32 Å². The number of carbonyl (C=O) groups is 1. The van der Waals surface area contributed by atoms with Crippen LogP contribution in [0.5, 0.6) is 0 Å². The van der Waals surface area contributed by atoms with Crippen LogP contribution in [-0.2, 0) is 0 Å². The number of non-ortho nitro benzene ring substituents is 2. The summed E-state index contributed by atoms with van der Waals surface area (Å²) in [5.74, 6) is -0.609. The first-order chi connectivity index (χ1) is 16.8. The average Bonchev–Trinajstić information content (AvgIpc) is 3.18. The molecule has 10 heteroatoms. The number of fused-ring (bicyclic) bond motifs is 3. The minimum atomic E-state index is -0.681. The van der Waals surface area contributed by atoms with Crippen LogP contribution in [0.25, 0.3) is 16.7 Å². The van der Waals surface area contributed by atoms with Crippen LogP contribution in [0.1, 0.15) is 40.0 Å². The number of allylic oxidation sites excluding steroid dienone is 1. The molecule has 35 heavy (non-hydrogen) atoms. The molecule has 4 rings (SSSR count). The van der Waals surface area contributed by atoms with Crippen LogP contribution >= 0.6 is 0 Å². The number of hydrogen-bond acceptors (Lipinski definition) is 7. The zero-order valence-electron chi connectivity index (χ0n) is 18.2. The molecule has 0 bridgehead atoms. The molecular weight excluding hydrogens is 450 g/mol. The summed E-state index contributed by atoms with van der Waals surface area (Å²) < 4.78 is 0. The number of hydrogen-bond donors (Lipinski definition) is 1. The number of nitriles is 2. The highest BCUT2D eigenvalue weighted by atomic mass is 16.6. The maximum absolute atomic E-state index is 13.4. The quantitative estimate of drug-likeness (QED) is 0.251. The summed E-state index contributed by atoms with van der Waals surface area (Å²) in [6.07, 6.45) is 0. The van der Waals surface area contributed by atoms with Crippen molar-refractivity contribution in [1.29, 1.82) is 10.5 Å². The number of amides is 1. The molecule has 1 N–H and O–H groups in total. The molecule has 170 valence electrons. The smallest absolute Gasteiger partial charge is 0.270 e. The molecule has 0 saturated carbocycles. The molecule has 0 heterocycles. The maximum atomic E-state index is 13.4. The van der Waals surface area contributed by atoms with Gasteiger partial charge in [-0.05, 0) is 35.2 Å². The Morgan fingerprint density at radius 3 is 2.11 bits per heavy atom. The van der Waals surface area contributed by atoms with E-state index < -0.39 is 27.5 Å². The standard InChI is InChI=1S/C25H15N5O5/c1-14(15-5-3-2-4-6-15)28-25(31)22-11-18(30(34)35)10-21-23(16(12-26)13-27)20-9-17(29(32)33)7-8-19(20)24(21)22/h2-11,14H,1H3,(H,28,31)/t14-/m0/s1. The van der Waals surface area contributed by atoms with Crippen molar-refractivity contribution in [2.75, 3.05) is 0 Å². The average molecular weight is 465 g/mol. The van der Waals surface area contributed by atoms with Gasteiger partial charge in [0.15, 0.2) is 0 Å². The molecule has 0 radical (unpaired) electrons. The zero-order valence-corrected chi connectivity index (χ0v) is 18.2. The Balaban J connectivity index is 1.97. The third-order valence-electron chi connectivity index (χ3n) is 5.72. The van der Waals surface area contributed by atoms with Crippen LogP contribution in [0, 0.1) is 42.9 Å². The minimum absolute atomic E-state index is 0.0116. The predicted octanol–water partition coefficient (Wildman–Crippen LogP) is 4.82. The molecule has 1 aliphatic carbocycles. The van der Waals surface area contributed by atoms with Gasteiger partial charge in [-0.15, -0.1) is 0 Å². The highest BCUT2D eigenvalue weighted by molar-refractivity contribution is 6.12. The molecule has 1 atom stereocenters. The Labute approximate surface area is 198 Å². The molecule has 1 aliphatic rings. The lowest BCUT2D eigenvalue weighted by Crippen LogP contribution is -2.27. The van der Waals surface area contributed by atoms with Crippen LogP contribution < -0.4 is 5.32 Å². The third kappa shape index (κ3) is 3.96. The number of benzene rings is 3. The van der Waals surface area contributed by atoms with Crippen molar-refractivity contribution in [3.63, 3.8) is 0 Å². The monoisotopic (exact) mass is 465 g/mol. The van der Waals surface area contributed by atoms with E-state index >= 15 is 0 Å². The number of nitro groups is 2. The first kappa shape index (κ1) is 22.8. The Kier molecular flexibility index (Phi) is 5.80. The zero-order chi connectivity index (χ0) is 25.3. The summed E-state index contributed by atoms with van der Waals surface area (Å²) in [7, 11) is 0. The largest absolute Gasteiger partial charge is 0.345 e. The summed E-state index contributed by atoms with van der Waals surface area (Å²) in [6.45, 7) is 1.76. The molecule has 0 spiro atoms. The van der Waals surface area contributed by atoms with Crippen LogP contribution in [0.2, 0.25) is 0 Å². The Bertz CT molecular complexity index is 1510. The number of nitrogens with zero attached hydrogens (tertiary/aromatic N) is 4. The van der Waals surface area contributed by atoms with Crippen LogP contribution in [0.3, 0.4) is 0 Å². The van der Waals surface area contributed by atoms with Crippen molar-refractivity contribution < 1.29 is 14.6 Å². The van der Waals surface area contributed by atoms with Gasteiger partial charge in [0.1, 0.15) is 17.7 Å². The van der Waals surface area contributed by atoms with Crippen molar-refractivity contribution >= 4 is 22.9 Å². The Morgan fingerprint density at radius 2 is 1.51 bits per heavy atom. The van der Waals surface area contributed by atoms with Crippen molar-refractivity contribution in [3.05, 3.63) is 109 Å². The second kappa shape index (κ2) is 8.89. The van der Waals surface area contributed by atoms with Gasteiger partial charge in [-0.1, -0.05) is 30.3 Å². The second-order valence-electron chi connectivity index (χ2n) is 7.74. The van der Waals surface area contributed by atoms with Crippen molar-refractivity contribution in [2.24, 2.45) is 0 Å². The summed E-state index contributed by atoms with van der Waals surface area (Å²) >= 11 is 0. The van der Waals surface area contributed by atoms with E-state index in [4.69, 9.17) is 0 Å². The Morgan fingerprint density at radius 1 is 0.886 bits per heavy atom. The van der Waals surface area contributed by atoms with Crippen LogP contribution in [-0.4, -0.2) is 15.8 Å². The molecule has 3 aromatic rings. The molecule has 0 aromatic heterocycles. The summed E-state index contributed by atoms with van der Waals surface area (Å²) in [5.41, 5.74) is 0.606. The van der Waals surface area contributed by atoms with E-state index in [9.17, 15) is 35.5 Å². The van der Waals surface area contributed by atoms with Crippen molar-refractivity contribution in [1.82, 2.24) is 5.32 Å². The van der Waals surface area contributed by atoms with Crippen LogP contribution in [0.4, 0.5) is 11.4 Å². The van der Waals surface area contributed by atoms with Crippen molar-refractivity contribution in [2.45, 2.75) is 13.0 Å². The number of nitrogens with one attached hydrogen (secondary N) is 1. The normalized spacial score (nSPS) is 11.9. The van der Waals surface area contributed by atoms with Crippen molar-refractivity contribution in [3.8, 4) is 23.3 Å². The van der Waals surface area contributed by atoms with Gasteiger partial charge in [0.05, 0.1) is 21.5 Å². The van der Waals surface area contributed by atoms with Gasteiger partial charge in [0, 0.05) is 35.4 Å². The SMILES string of the molecule is C[C@H](NC(=O)c1cc([N+](=O)[O-])cc2c1-c1ccc([N+](=O)[O-])cc1C2=C(C#N)C#N)c1ccccc1. The fourth-order valence-corrected chi connectivity index (χ4v) is 4.12. The lowest BCUT2D eigenvalue weighted by molar-refractivity contribution is -0.385. The lowest BCUT2D eigenvalue weighted by atomic mass is 9.95. The molecule has 0 saturated heterocycles. The van der Waals surface area contributed by atoms with Gasteiger partial charge in [0.2, 0.25) is 0 Å². The highest BCUT2D eigenvalue weighted by Gasteiger charge is 2.34. The maximum Gasteiger partial charge on any atom is 0.270 e. The number of nitro benzene ring substituents is 2. The summed E-state index contributed by atoms with van der Waals surface area (Å²) in [4.78, 5) is 35.1. The fraction of sp³-hybridized carbons (Fsp3) is 0.0800.